The van der Waals surface area contributed by atoms with Gasteiger partial charge in [0.1, 0.15) is 6.61 Å². The maximum Gasteiger partial charge on any atom is 0.271 e. The van der Waals surface area contributed by atoms with Crippen LogP contribution in [0.25, 0.3) is 0 Å². The van der Waals surface area contributed by atoms with Crippen LogP contribution in [0, 0.1) is 0 Å². The standard InChI is InChI=1S/C18H22N2O4/c1-2-9-19-18(23)16-17(15(22)8-10-20(16)11-12-21)24-13-14-6-4-3-5-7-14/h3-8,10,21H,2,9,11-13H2,1H3,(H,19,23). The van der Waals surface area contributed by atoms with Crippen molar-refractivity contribution in [3.05, 3.63) is 64.1 Å². The minimum Gasteiger partial charge on any atom is -0.483 e. The molecule has 1 amide bonds. The van der Waals surface area contributed by atoms with Crippen LogP contribution in [-0.2, 0) is 13.2 Å². The Morgan fingerprint density at radius 3 is 2.67 bits per heavy atom. The van der Waals surface area contributed by atoms with E-state index in [0.717, 1.165) is 12.0 Å². The van der Waals surface area contributed by atoms with Crippen molar-refractivity contribution in [1.82, 2.24) is 9.88 Å². The number of aromatic nitrogens is 1. The Labute approximate surface area is 140 Å². The molecule has 1 aromatic carbocycles. The molecule has 6 heteroatoms. The first kappa shape index (κ1) is 17.7. The van der Waals surface area contributed by atoms with Crippen LogP contribution in [0.5, 0.6) is 5.75 Å². The zero-order valence-corrected chi connectivity index (χ0v) is 13.7. The number of pyridine rings is 1. The number of nitrogens with zero attached hydrogens (tertiary/aromatic N) is 1. The lowest BCUT2D eigenvalue weighted by Crippen LogP contribution is -2.30. The van der Waals surface area contributed by atoms with Gasteiger partial charge >= 0.3 is 0 Å². The highest BCUT2D eigenvalue weighted by atomic mass is 16.5. The van der Waals surface area contributed by atoms with E-state index in [1.165, 1.54) is 16.8 Å². The highest BCUT2D eigenvalue weighted by Crippen LogP contribution is 2.15. The molecular formula is C18H22N2O4. The predicted octanol–water partition coefficient (Wildman–Crippen LogP) is 1.56. The van der Waals surface area contributed by atoms with Crippen LogP contribution in [-0.4, -0.2) is 28.7 Å². The van der Waals surface area contributed by atoms with E-state index in [1.807, 2.05) is 37.3 Å². The van der Waals surface area contributed by atoms with E-state index < -0.39 is 0 Å². The number of rotatable bonds is 8. The van der Waals surface area contributed by atoms with Gasteiger partial charge < -0.3 is 19.7 Å². The number of amides is 1. The van der Waals surface area contributed by atoms with E-state index in [9.17, 15) is 14.7 Å². The molecule has 24 heavy (non-hydrogen) atoms. The Hall–Kier alpha value is -2.60. The zero-order chi connectivity index (χ0) is 17.4. The van der Waals surface area contributed by atoms with E-state index >= 15 is 0 Å². The van der Waals surface area contributed by atoms with Crippen molar-refractivity contribution < 1.29 is 14.6 Å². The average molecular weight is 330 g/mol. The average Bonchev–Trinajstić information content (AvgIpc) is 2.60. The van der Waals surface area contributed by atoms with Gasteiger partial charge in [-0.1, -0.05) is 37.3 Å². The molecule has 0 fully saturated rings. The second-order valence-corrected chi connectivity index (χ2v) is 5.30. The fraction of sp³-hybridized carbons (Fsp3) is 0.333. The quantitative estimate of drug-likeness (QED) is 0.770. The van der Waals surface area contributed by atoms with E-state index in [4.69, 9.17) is 4.74 Å². The number of nitrogens with one attached hydrogen (secondary N) is 1. The van der Waals surface area contributed by atoms with Gasteiger partial charge in [-0.25, -0.2) is 0 Å². The molecule has 0 aliphatic carbocycles. The van der Waals surface area contributed by atoms with Crippen LogP contribution in [0.15, 0.2) is 47.4 Å². The second kappa shape index (κ2) is 8.88. The van der Waals surface area contributed by atoms with Crippen LogP contribution in [0.1, 0.15) is 29.4 Å². The van der Waals surface area contributed by atoms with Crippen molar-refractivity contribution in [3.63, 3.8) is 0 Å². The molecule has 0 saturated carbocycles. The summed E-state index contributed by atoms with van der Waals surface area (Å²) in [4.78, 5) is 24.7. The highest BCUT2D eigenvalue weighted by molar-refractivity contribution is 5.95. The lowest BCUT2D eigenvalue weighted by atomic mass is 10.2. The van der Waals surface area contributed by atoms with Gasteiger partial charge in [-0.15, -0.1) is 0 Å². The summed E-state index contributed by atoms with van der Waals surface area (Å²) in [6, 6.07) is 10.7. The number of benzene rings is 1. The van der Waals surface area contributed by atoms with Crippen molar-refractivity contribution in [2.24, 2.45) is 0 Å². The fourth-order valence-corrected chi connectivity index (χ4v) is 2.27. The molecule has 0 radical (unpaired) electrons. The number of hydrogen-bond donors (Lipinski definition) is 2. The summed E-state index contributed by atoms with van der Waals surface area (Å²) < 4.78 is 7.20. The number of hydrogen-bond acceptors (Lipinski definition) is 4. The molecule has 2 N–H and O–H groups in total. The van der Waals surface area contributed by atoms with Crippen molar-refractivity contribution in [2.75, 3.05) is 13.2 Å². The SMILES string of the molecule is CCCNC(=O)c1c(OCc2ccccc2)c(=O)ccn1CCO. The van der Waals surface area contributed by atoms with Crippen LogP contribution in [0.4, 0.5) is 0 Å². The van der Waals surface area contributed by atoms with Crippen molar-refractivity contribution in [1.29, 1.82) is 0 Å². The number of aliphatic hydroxyl groups excluding tert-OH is 1. The predicted molar refractivity (Wildman–Crippen MR) is 91.2 cm³/mol. The summed E-state index contributed by atoms with van der Waals surface area (Å²) in [6.45, 7) is 2.69. The first-order chi connectivity index (χ1) is 11.7. The van der Waals surface area contributed by atoms with Crippen molar-refractivity contribution >= 4 is 5.91 Å². The topological polar surface area (TPSA) is 80.6 Å². The minimum atomic E-state index is -0.383. The van der Waals surface area contributed by atoms with Gasteiger partial charge in [0.05, 0.1) is 6.61 Å². The van der Waals surface area contributed by atoms with Crippen molar-refractivity contribution in [2.45, 2.75) is 26.5 Å². The molecule has 0 aliphatic rings. The summed E-state index contributed by atoms with van der Waals surface area (Å²) in [5, 5.41) is 12.0. The third-order valence-corrected chi connectivity index (χ3v) is 3.45. The van der Waals surface area contributed by atoms with E-state index in [2.05, 4.69) is 5.32 Å². The number of aliphatic hydroxyl groups is 1. The van der Waals surface area contributed by atoms with Gasteiger partial charge in [-0.2, -0.15) is 0 Å². The van der Waals surface area contributed by atoms with Gasteiger partial charge in [0, 0.05) is 25.4 Å². The zero-order valence-electron chi connectivity index (χ0n) is 13.7. The Morgan fingerprint density at radius 1 is 1.25 bits per heavy atom. The third kappa shape index (κ3) is 4.45. The molecule has 2 rings (SSSR count). The van der Waals surface area contributed by atoms with Gasteiger partial charge in [-0.3, -0.25) is 9.59 Å². The molecule has 1 heterocycles. The summed E-state index contributed by atoms with van der Waals surface area (Å²) in [5.74, 6) is -0.380. The molecule has 0 atom stereocenters. The smallest absolute Gasteiger partial charge is 0.271 e. The maximum absolute atomic E-state index is 12.5. The molecule has 6 nitrogen and oxygen atoms in total. The maximum atomic E-state index is 12.5. The molecule has 0 saturated heterocycles. The lowest BCUT2D eigenvalue weighted by Gasteiger charge is -2.16. The molecule has 128 valence electrons. The molecule has 0 spiro atoms. The highest BCUT2D eigenvalue weighted by Gasteiger charge is 2.19. The normalized spacial score (nSPS) is 10.4. The van der Waals surface area contributed by atoms with Gasteiger partial charge in [0.2, 0.25) is 5.43 Å². The minimum absolute atomic E-state index is 0.00315. The first-order valence-electron chi connectivity index (χ1n) is 7.96. The monoisotopic (exact) mass is 330 g/mol. The molecule has 0 aliphatic heterocycles. The van der Waals surface area contributed by atoms with E-state index in [-0.39, 0.29) is 42.5 Å². The van der Waals surface area contributed by atoms with Crippen LogP contribution >= 0.6 is 0 Å². The molecule has 2 aromatic rings. The molecule has 1 aromatic heterocycles. The largest absolute Gasteiger partial charge is 0.483 e. The third-order valence-electron chi connectivity index (χ3n) is 3.45. The van der Waals surface area contributed by atoms with Gasteiger partial charge in [0.25, 0.3) is 5.91 Å². The summed E-state index contributed by atoms with van der Waals surface area (Å²) in [7, 11) is 0. The van der Waals surface area contributed by atoms with Crippen molar-refractivity contribution in [3.8, 4) is 5.75 Å². The Balaban J connectivity index is 2.34. The first-order valence-corrected chi connectivity index (χ1v) is 7.96. The molecule has 0 bridgehead atoms. The van der Waals surface area contributed by atoms with E-state index in [0.29, 0.717) is 6.54 Å². The van der Waals surface area contributed by atoms with E-state index in [1.54, 1.807) is 0 Å². The number of ether oxygens (including phenoxy) is 1. The molecular weight excluding hydrogens is 308 g/mol. The summed E-state index contributed by atoms with van der Waals surface area (Å²) in [6.07, 6.45) is 2.28. The summed E-state index contributed by atoms with van der Waals surface area (Å²) in [5.41, 5.74) is 0.678. The Bertz CT molecular complexity index is 726. The second-order valence-electron chi connectivity index (χ2n) is 5.30. The fourth-order valence-electron chi connectivity index (χ4n) is 2.27. The van der Waals surface area contributed by atoms with Crippen LogP contribution in [0.3, 0.4) is 0 Å². The Morgan fingerprint density at radius 2 is 2.00 bits per heavy atom. The number of carbonyl (C=O) groups is 1. The number of carbonyl (C=O) groups excluding carboxylic acids is 1. The van der Waals surface area contributed by atoms with Crippen LogP contribution < -0.4 is 15.5 Å². The van der Waals surface area contributed by atoms with Crippen LogP contribution in [0.2, 0.25) is 0 Å². The molecule has 0 unspecified atom stereocenters. The lowest BCUT2D eigenvalue weighted by molar-refractivity contribution is 0.0936. The summed E-state index contributed by atoms with van der Waals surface area (Å²) >= 11 is 0. The Kier molecular flexibility index (Phi) is 6.57. The van der Waals surface area contributed by atoms with Gasteiger partial charge in [-0.05, 0) is 12.0 Å². The van der Waals surface area contributed by atoms with Gasteiger partial charge in [0.15, 0.2) is 11.4 Å².